The smallest absolute Gasteiger partial charge is 0.416 e. The minimum absolute atomic E-state index is 0.0851. The highest BCUT2D eigenvalue weighted by molar-refractivity contribution is 6.00. The third kappa shape index (κ3) is 5.31. The number of carbonyl (C=O) groups excluding carboxylic acids is 3. The maximum Gasteiger partial charge on any atom is 0.416 e. The summed E-state index contributed by atoms with van der Waals surface area (Å²) in [4.78, 5) is 35.3. The van der Waals surface area contributed by atoms with Gasteiger partial charge in [0, 0.05) is 23.7 Å². The van der Waals surface area contributed by atoms with Crippen LogP contribution in [0.2, 0.25) is 0 Å². The number of carbonyl (C=O) groups is 3. The monoisotopic (exact) mass is 403 g/mol. The summed E-state index contributed by atoms with van der Waals surface area (Å²) in [6, 6.07) is 9.27. The van der Waals surface area contributed by atoms with Gasteiger partial charge >= 0.3 is 12.1 Å². The SMILES string of the molecule is O=C1CCc2cc(C(=O)COC(=O)/C=C/c3cccc(C(F)(F)F)c3)ccc2N1. The fraction of sp³-hybridized carbons (Fsp3) is 0.190. The van der Waals surface area contributed by atoms with Gasteiger partial charge in [0.25, 0.3) is 0 Å². The predicted octanol–water partition coefficient (Wildman–Crippen LogP) is 4.03. The Kier molecular flexibility index (Phi) is 5.81. The summed E-state index contributed by atoms with van der Waals surface area (Å²) in [5, 5.41) is 2.71. The number of hydrogen-bond donors (Lipinski definition) is 1. The van der Waals surface area contributed by atoms with Crippen molar-refractivity contribution in [3.05, 3.63) is 70.8 Å². The number of Topliss-reactive ketones (excluding diaryl/α,β-unsaturated/α-hetero) is 1. The maximum atomic E-state index is 12.7. The van der Waals surface area contributed by atoms with Crippen LogP contribution in [0.1, 0.15) is 33.5 Å². The lowest BCUT2D eigenvalue weighted by Crippen LogP contribution is -2.20. The fourth-order valence-electron chi connectivity index (χ4n) is 2.81. The van der Waals surface area contributed by atoms with Gasteiger partial charge in [0.2, 0.25) is 5.91 Å². The number of benzene rings is 2. The Morgan fingerprint density at radius 2 is 1.90 bits per heavy atom. The van der Waals surface area contributed by atoms with E-state index in [0.717, 1.165) is 23.8 Å². The number of rotatable bonds is 5. The Bertz CT molecular complexity index is 996. The zero-order valence-corrected chi connectivity index (χ0v) is 15.1. The molecule has 0 atom stereocenters. The van der Waals surface area contributed by atoms with Crippen LogP contribution in [0, 0.1) is 0 Å². The molecular weight excluding hydrogens is 387 g/mol. The van der Waals surface area contributed by atoms with E-state index in [2.05, 4.69) is 5.32 Å². The number of ketones is 1. The van der Waals surface area contributed by atoms with Gasteiger partial charge in [-0.05, 0) is 54.0 Å². The molecule has 29 heavy (non-hydrogen) atoms. The van der Waals surface area contributed by atoms with Crippen LogP contribution in [0.5, 0.6) is 0 Å². The molecule has 2 aromatic carbocycles. The summed E-state index contributed by atoms with van der Waals surface area (Å²) < 4.78 is 42.9. The summed E-state index contributed by atoms with van der Waals surface area (Å²) in [6.07, 6.45) is -1.48. The Morgan fingerprint density at radius 1 is 1.10 bits per heavy atom. The first kappa shape index (κ1) is 20.3. The molecule has 150 valence electrons. The molecule has 5 nitrogen and oxygen atoms in total. The van der Waals surface area contributed by atoms with Crippen molar-refractivity contribution < 1.29 is 32.3 Å². The average Bonchev–Trinajstić information content (AvgIpc) is 2.69. The van der Waals surface area contributed by atoms with Crippen molar-refractivity contribution in [2.45, 2.75) is 19.0 Å². The molecule has 0 aromatic heterocycles. The van der Waals surface area contributed by atoms with Crippen LogP contribution in [0.25, 0.3) is 6.08 Å². The van der Waals surface area contributed by atoms with Gasteiger partial charge in [0.1, 0.15) is 0 Å². The standard InChI is InChI=1S/C21H16F3NO4/c22-21(23,24)16-3-1-2-13(10-16)4-9-20(28)29-12-18(26)15-5-7-17-14(11-15)6-8-19(27)25-17/h1-5,7,9-11H,6,8,12H2,(H,25,27)/b9-4+. The van der Waals surface area contributed by atoms with Gasteiger partial charge in [0.05, 0.1) is 5.56 Å². The number of alkyl halides is 3. The molecule has 0 unspecified atom stereocenters. The second kappa shape index (κ2) is 8.30. The minimum atomic E-state index is -4.48. The molecular formula is C21H16F3NO4. The van der Waals surface area contributed by atoms with Crippen molar-refractivity contribution in [3.63, 3.8) is 0 Å². The minimum Gasteiger partial charge on any atom is -0.454 e. The molecule has 1 amide bonds. The van der Waals surface area contributed by atoms with Crippen LogP contribution in [0.4, 0.5) is 18.9 Å². The second-order valence-corrected chi connectivity index (χ2v) is 6.41. The van der Waals surface area contributed by atoms with E-state index in [9.17, 15) is 27.6 Å². The molecule has 0 bridgehead atoms. The Hall–Kier alpha value is -3.42. The van der Waals surface area contributed by atoms with Gasteiger partial charge in [-0.25, -0.2) is 4.79 Å². The highest BCUT2D eigenvalue weighted by Crippen LogP contribution is 2.29. The van der Waals surface area contributed by atoms with Crippen LogP contribution < -0.4 is 5.32 Å². The third-order valence-electron chi connectivity index (χ3n) is 4.29. The fourth-order valence-corrected chi connectivity index (χ4v) is 2.81. The Morgan fingerprint density at radius 3 is 2.66 bits per heavy atom. The first-order chi connectivity index (χ1) is 13.7. The number of aryl methyl sites for hydroxylation is 1. The van der Waals surface area contributed by atoms with Gasteiger partial charge < -0.3 is 10.1 Å². The number of nitrogens with one attached hydrogen (secondary N) is 1. The molecule has 1 N–H and O–H groups in total. The molecule has 0 aliphatic carbocycles. The average molecular weight is 403 g/mol. The first-order valence-corrected chi connectivity index (χ1v) is 8.70. The third-order valence-corrected chi connectivity index (χ3v) is 4.29. The van der Waals surface area contributed by atoms with Crippen LogP contribution in [0.3, 0.4) is 0 Å². The first-order valence-electron chi connectivity index (χ1n) is 8.70. The lowest BCUT2D eigenvalue weighted by molar-refractivity contribution is -0.138. The second-order valence-electron chi connectivity index (χ2n) is 6.41. The van der Waals surface area contributed by atoms with E-state index >= 15 is 0 Å². The number of anilines is 1. The molecule has 0 saturated carbocycles. The molecule has 0 radical (unpaired) electrons. The zero-order valence-electron chi connectivity index (χ0n) is 15.1. The van der Waals surface area contributed by atoms with E-state index < -0.39 is 30.1 Å². The lowest BCUT2D eigenvalue weighted by atomic mass is 9.99. The molecule has 0 saturated heterocycles. The van der Waals surface area contributed by atoms with E-state index in [1.807, 2.05) is 0 Å². The molecule has 8 heteroatoms. The molecule has 1 aliphatic rings. The van der Waals surface area contributed by atoms with Gasteiger partial charge in [-0.2, -0.15) is 13.2 Å². The number of ether oxygens (including phenoxy) is 1. The quantitative estimate of drug-likeness (QED) is 0.465. The van der Waals surface area contributed by atoms with Crippen molar-refractivity contribution in [2.75, 3.05) is 11.9 Å². The highest BCUT2D eigenvalue weighted by atomic mass is 19.4. The topological polar surface area (TPSA) is 72.5 Å². The number of esters is 1. The number of fused-ring (bicyclic) bond motifs is 1. The summed E-state index contributed by atoms with van der Waals surface area (Å²) in [6.45, 7) is -0.503. The van der Waals surface area contributed by atoms with Crippen LogP contribution in [-0.2, 0) is 26.9 Å². The van der Waals surface area contributed by atoms with Gasteiger partial charge in [-0.3, -0.25) is 9.59 Å². The Balaban J connectivity index is 1.57. The lowest BCUT2D eigenvalue weighted by Gasteiger charge is -2.17. The summed E-state index contributed by atoms with van der Waals surface area (Å²) in [5.41, 5.74) is 1.17. The largest absolute Gasteiger partial charge is 0.454 e. The van der Waals surface area contributed by atoms with Gasteiger partial charge in [0.15, 0.2) is 12.4 Å². The van der Waals surface area contributed by atoms with E-state index in [4.69, 9.17) is 4.74 Å². The van der Waals surface area contributed by atoms with Gasteiger partial charge in [-0.15, -0.1) is 0 Å². The summed E-state index contributed by atoms with van der Waals surface area (Å²) in [5.74, 6) is -1.36. The van der Waals surface area contributed by atoms with Crippen molar-refractivity contribution in [1.29, 1.82) is 0 Å². The molecule has 0 fully saturated rings. The summed E-state index contributed by atoms with van der Waals surface area (Å²) in [7, 11) is 0. The van der Waals surface area contributed by atoms with Crippen molar-refractivity contribution in [2.24, 2.45) is 0 Å². The maximum absolute atomic E-state index is 12.7. The Labute approximate surface area is 164 Å². The van der Waals surface area contributed by atoms with Crippen LogP contribution >= 0.6 is 0 Å². The molecule has 2 aromatic rings. The molecule has 1 aliphatic heterocycles. The molecule has 0 spiro atoms. The normalized spacial score (nSPS) is 13.7. The number of amides is 1. The van der Waals surface area contributed by atoms with Crippen molar-refractivity contribution >= 4 is 29.4 Å². The molecule has 3 rings (SSSR count). The van der Waals surface area contributed by atoms with E-state index in [0.29, 0.717) is 24.1 Å². The number of hydrogen-bond acceptors (Lipinski definition) is 4. The van der Waals surface area contributed by atoms with E-state index in [-0.39, 0.29) is 11.5 Å². The van der Waals surface area contributed by atoms with E-state index in [1.165, 1.54) is 24.3 Å². The van der Waals surface area contributed by atoms with Crippen LogP contribution in [0.15, 0.2) is 48.5 Å². The van der Waals surface area contributed by atoms with Crippen molar-refractivity contribution in [3.8, 4) is 0 Å². The summed E-state index contributed by atoms with van der Waals surface area (Å²) >= 11 is 0. The van der Waals surface area contributed by atoms with E-state index in [1.54, 1.807) is 12.1 Å². The van der Waals surface area contributed by atoms with Crippen molar-refractivity contribution in [1.82, 2.24) is 0 Å². The molecule has 1 heterocycles. The highest BCUT2D eigenvalue weighted by Gasteiger charge is 2.30. The zero-order chi connectivity index (χ0) is 21.0. The van der Waals surface area contributed by atoms with Gasteiger partial charge in [-0.1, -0.05) is 12.1 Å². The van der Waals surface area contributed by atoms with Crippen LogP contribution in [-0.4, -0.2) is 24.3 Å². The predicted molar refractivity (Wildman–Crippen MR) is 99.2 cm³/mol. The number of halogens is 3.